The van der Waals surface area contributed by atoms with Gasteiger partial charge in [0.2, 0.25) is 0 Å². The third kappa shape index (κ3) is 4.37. The highest BCUT2D eigenvalue weighted by atomic mass is 15.2. The van der Waals surface area contributed by atoms with Crippen molar-refractivity contribution in [2.75, 3.05) is 7.05 Å². The van der Waals surface area contributed by atoms with Gasteiger partial charge >= 0.3 is 0 Å². The van der Waals surface area contributed by atoms with Crippen LogP contribution in [0.4, 0.5) is 0 Å². The molecule has 1 fully saturated rings. The third-order valence-electron chi connectivity index (χ3n) is 4.72. The van der Waals surface area contributed by atoms with Crippen molar-refractivity contribution in [3.8, 4) is 11.3 Å². The maximum absolute atomic E-state index is 4.45. The highest BCUT2D eigenvalue weighted by molar-refractivity contribution is 5.79. The Labute approximate surface area is 144 Å². The van der Waals surface area contributed by atoms with Gasteiger partial charge in [0.15, 0.2) is 5.96 Å². The van der Waals surface area contributed by atoms with Gasteiger partial charge in [-0.25, -0.2) is 4.98 Å². The highest BCUT2D eigenvalue weighted by Crippen LogP contribution is 2.23. The van der Waals surface area contributed by atoms with Gasteiger partial charge in [0.05, 0.1) is 18.4 Å². The number of rotatable bonds is 4. The summed E-state index contributed by atoms with van der Waals surface area (Å²) < 4.78 is 0. The van der Waals surface area contributed by atoms with Gasteiger partial charge in [-0.1, -0.05) is 37.3 Å². The van der Waals surface area contributed by atoms with E-state index in [1.165, 1.54) is 25.7 Å². The van der Waals surface area contributed by atoms with E-state index in [1.54, 1.807) is 0 Å². The molecule has 1 aliphatic carbocycles. The molecular formula is C19H27N5. The van der Waals surface area contributed by atoms with Crippen LogP contribution in [-0.4, -0.2) is 29.0 Å². The van der Waals surface area contributed by atoms with Gasteiger partial charge in [-0.05, 0) is 37.2 Å². The Bertz CT molecular complexity index is 653. The first kappa shape index (κ1) is 16.6. The molecule has 0 unspecified atom stereocenters. The Hall–Kier alpha value is -2.30. The average molecular weight is 325 g/mol. The van der Waals surface area contributed by atoms with E-state index >= 15 is 0 Å². The van der Waals surface area contributed by atoms with Crippen molar-refractivity contribution in [3.05, 3.63) is 42.4 Å². The molecule has 3 rings (SSSR count). The lowest BCUT2D eigenvalue weighted by Gasteiger charge is -2.28. The molecule has 2 aromatic rings. The summed E-state index contributed by atoms with van der Waals surface area (Å²) in [6, 6.07) is 10.8. The van der Waals surface area contributed by atoms with Crippen LogP contribution >= 0.6 is 0 Å². The number of imidazole rings is 1. The molecule has 1 saturated carbocycles. The topological polar surface area (TPSA) is 65.1 Å². The van der Waals surface area contributed by atoms with Crippen molar-refractivity contribution in [1.29, 1.82) is 0 Å². The van der Waals surface area contributed by atoms with Crippen LogP contribution in [0.5, 0.6) is 0 Å². The monoisotopic (exact) mass is 325 g/mol. The third-order valence-corrected chi connectivity index (χ3v) is 4.72. The zero-order valence-corrected chi connectivity index (χ0v) is 14.5. The number of guanidine groups is 1. The van der Waals surface area contributed by atoms with E-state index in [0.717, 1.165) is 29.0 Å². The van der Waals surface area contributed by atoms with E-state index in [2.05, 4.69) is 44.7 Å². The molecule has 0 amide bonds. The first-order chi connectivity index (χ1) is 11.7. The quantitative estimate of drug-likeness (QED) is 0.597. The lowest BCUT2D eigenvalue weighted by Crippen LogP contribution is -2.44. The van der Waals surface area contributed by atoms with Crippen LogP contribution in [-0.2, 0) is 6.54 Å². The van der Waals surface area contributed by atoms with Gasteiger partial charge in [-0.15, -0.1) is 0 Å². The van der Waals surface area contributed by atoms with Gasteiger partial charge in [0.25, 0.3) is 0 Å². The van der Waals surface area contributed by atoms with Crippen LogP contribution in [0.15, 0.2) is 41.5 Å². The number of H-pyrrole nitrogens is 1. The number of benzene rings is 1. The van der Waals surface area contributed by atoms with Crippen molar-refractivity contribution < 1.29 is 0 Å². The standard InChI is InChI=1S/C19H27N5/c1-14-8-10-16(11-9-14)23-19(20-2)22-13-18-21-12-17(24-18)15-6-4-3-5-7-15/h3-7,12,14,16H,8-11,13H2,1-2H3,(H,21,24)(H2,20,22,23). The van der Waals surface area contributed by atoms with Crippen molar-refractivity contribution in [2.45, 2.75) is 45.2 Å². The Morgan fingerprint density at radius 1 is 1.21 bits per heavy atom. The summed E-state index contributed by atoms with van der Waals surface area (Å²) >= 11 is 0. The Morgan fingerprint density at radius 2 is 1.96 bits per heavy atom. The summed E-state index contributed by atoms with van der Waals surface area (Å²) in [5.41, 5.74) is 2.19. The van der Waals surface area contributed by atoms with Gasteiger partial charge < -0.3 is 15.6 Å². The first-order valence-electron chi connectivity index (χ1n) is 8.81. The predicted octanol–water partition coefficient (Wildman–Crippen LogP) is 3.32. The van der Waals surface area contributed by atoms with Gasteiger partial charge in [0.1, 0.15) is 5.82 Å². The summed E-state index contributed by atoms with van der Waals surface area (Å²) in [5.74, 6) is 2.62. The van der Waals surface area contributed by atoms with Gasteiger partial charge in [-0.3, -0.25) is 4.99 Å². The SMILES string of the molecule is CN=C(NCc1ncc(-c2ccccc2)[nH]1)NC1CCC(C)CC1. The molecule has 0 saturated heterocycles. The maximum Gasteiger partial charge on any atom is 0.191 e. The van der Waals surface area contributed by atoms with Crippen molar-refractivity contribution in [3.63, 3.8) is 0 Å². The van der Waals surface area contributed by atoms with Crippen molar-refractivity contribution in [2.24, 2.45) is 10.9 Å². The number of nitrogens with one attached hydrogen (secondary N) is 3. The van der Waals surface area contributed by atoms with E-state index in [9.17, 15) is 0 Å². The van der Waals surface area contributed by atoms with Crippen molar-refractivity contribution >= 4 is 5.96 Å². The van der Waals surface area contributed by atoms with E-state index in [1.807, 2.05) is 31.4 Å². The van der Waals surface area contributed by atoms with Crippen molar-refractivity contribution in [1.82, 2.24) is 20.6 Å². The van der Waals surface area contributed by atoms with Crippen LogP contribution in [0.3, 0.4) is 0 Å². The average Bonchev–Trinajstić information content (AvgIpc) is 3.10. The van der Waals surface area contributed by atoms with Crippen LogP contribution < -0.4 is 10.6 Å². The summed E-state index contributed by atoms with van der Waals surface area (Å²) in [6.07, 6.45) is 6.92. The van der Waals surface area contributed by atoms with Gasteiger partial charge in [-0.2, -0.15) is 0 Å². The van der Waals surface area contributed by atoms with E-state index in [4.69, 9.17) is 0 Å². The summed E-state index contributed by atoms with van der Waals surface area (Å²) in [4.78, 5) is 12.2. The fourth-order valence-corrected chi connectivity index (χ4v) is 3.18. The second kappa shape index (κ2) is 7.99. The normalized spacial score (nSPS) is 21.5. The number of hydrogen-bond acceptors (Lipinski definition) is 2. The molecule has 0 atom stereocenters. The number of aromatic amines is 1. The molecule has 1 aromatic carbocycles. The second-order valence-electron chi connectivity index (χ2n) is 6.64. The Kier molecular flexibility index (Phi) is 5.51. The van der Waals surface area contributed by atoms with Crippen LogP contribution in [0.1, 0.15) is 38.4 Å². The lowest BCUT2D eigenvalue weighted by atomic mass is 9.87. The van der Waals surface area contributed by atoms with Crippen LogP contribution in [0.25, 0.3) is 11.3 Å². The molecule has 1 heterocycles. The lowest BCUT2D eigenvalue weighted by molar-refractivity contribution is 0.329. The minimum atomic E-state index is 0.531. The molecule has 128 valence electrons. The second-order valence-corrected chi connectivity index (χ2v) is 6.64. The number of hydrogen-bond donors (Lipinski definition) is 3. The molecular weight excluding hydrogens is 298 g/mol. The van der Waals surface area contributed by atoms with E-state index < -0.39 is 0 Å². The van der Waals surface area contributed by atoms with E-state index in [-0.39, 0.29) is 0 Å². The summed E-state index contributed by atoms with van der Waals surface area (Å²) in [5, 5.41) is 6.89. The molecule has 1 aromatic heterocycles. The van der Waals surface area contributed by atoms with Crippen LogP contribution in [0.2, 0.25) is 0 Å². The maximum atomic E-state index is 4.45. The number of nitrogens with zero attached hydrogens (tertiary/aromatic N) is 2. The highest BCUT2D eigenvalue weighted by Gasteiger charge is 2.18. The summed E-state index contributed by atoms with van der Waals surface area (Å²) in [7, 11) is 1.82. The zero-order valence-electron chi connectivity index (χ0n) is 14.5. The number of aliphatic imine (C=N–C) groups is 1. The fourth-order valence-electron chi connectivity index (χ4n) is 3.18. The Morgan fingerprint density at radius 3 is 2.67 bits per heavy atom. The molecule has 3 N–H and O–H groups in total. The summed E-state index contributed by atoms with van der Waals surface area (Å²) in [6.45, 7) is 2.97. The largest absolute Gasteiger partial charge is 0.354 e. The smallest absolute Gasteiger partial charge is 0.191 e. The molecule has 5 heteroatoms. The minimum Gasteiger partial charge on any atom is -0.354 e. The number of aromatic nitrogens is 2. The molecule has 1 aliphatic rings. The minimum absolute atomic E-state index is 0.531. The molecule has 0 radical (unpaired) electrons. The van der Waals surface area contributed by atoms with Gasteiger partial charge in [0, 0.05) is 13.1 Å². The predicted molar refractivity (Wildman–Crippen MR) is 98.8 cm³/mol. The zero-order chi connectivity index (χ0) is 16.8. The Balaban J connectivity index is 1.52. The van der Waals surface area contributed by atoms with Crippen LogP contribution in [0, 0.1) is 5.92 Å². The van der Waals surface area contributed by atoms with E-state index in [0.29, 0.717) is 12.6 Å². The molecule has 24 heavy (non-hydrogen) atoms. The molecule has 5 nitrogen and oxygen atoms in total. The first-order valence-corrected chi connectivity index (χ1v) is 8.81. The fraction of sp³-hybridized carbons (Fsp3) is 0.474. The molecule has 0 aliphatic heterocycles. The molecule has 0 bridgehead atoms. The molecule has 0 spiro atoms.